The lowest BCUT2D eigenvalue weighted by molar-refractivity contribution is 0.0980. The number of fused-ring (bicyclic) bond motifs is 2. The summed E-state index contributed by atoms with van der Waals surface area (Å²) in [6, 6.07) is 28.1. The second-order valence-corrected chi connectivity index (χ2v) is 15.6. The first-order chi connectivity index (χ1) is 26.6. The lowest BCUT2D eigenvalue weighted by Gasteiger charge is -2.23. The number of aryl methyl sites for hydroxylation is 2. The van der Waals surface area contributed by atoms with Crippen molar-refractivity contribution in [2.45, 2.75) is 155 Å². The molecule has 0 heterocycles. The van der Waals surface area contributed by atoms with E-state index in [-0.39, 0.29) is 11.6 Å². The van der Waals surface area contributed by atoms with Gasteiger partial charge in [-0.1, -0.05) is 178 Å². The van der Waals surface area contributed by atoms with Crippen molar-refractivity contribution in [3.63, 3.8) is 0 Å². The molecule has 0 fully saturated rings. The van der Waals surface area contributed by atoms with Crippen LogP contribution in [0.2, 0.25) is 0 Å². The van der Waals surface area contributed by atoms with E-state index in [0.29, 0.717) is 33.6 Å². The van der Waals surface area contributed by atoms with Crippen LogP contribution in [0.5, 0.6) is 0 Å². The van der Waals surface area contributed by atoms with E-state index in [1.807, 2.05) is 24.3 Å². The van der Waals surface area contributed by atoms with Crippen LogP contribution in [0.1, 0.15) is 185 Å². The fourth-order valence-corrected chi connectivity index (χ4v) is 7.90. The van der Waals surface area contributed by atoms with Crippen molar-refractivity contribution in [3.8, 4) is 0 Å². The first-order valence-corrected chi connectivity index (χ1v) is 21.7. The van der Waals surface area contributed by atoms with Crippen LogP contribution in [0.15, 0.2) is 84.9 Å². The summed E-state index contributed by atoms with van der Waals surface area (Å²) in [6.07, 6.45) is 29.0. The van der Waals surface area contributed by atoms with Gasteiger partial charge in [0.2, 0.25) is 0 Å². The number of nitrogens with one attached hydrogen (secondary N) is 2. The maximum atomic E-state index is 14.1. The van der Waals surface area contributed by atoms with Crippen molar-refractivity contribution in [2.24, 2.45) is 0 Å². The molecule has 0 spiro atoms. The molecular formula is C50H66N2O2. The number of rotatable bonds is 26. The lowest BCUT2D eigenvalue weighted by atomic mass is 9.82. The van der Waals surface area contributed by atoms with Crippen molar-refractivity contribution in [1.82, 2.24) is 0 Å². The molecule has 54 heavy (non-hydrogen) atoms. The first kappa shape index (κ1) is 41.0. The van der Waals surface area contributed by atoms with E-state index in [1.54, 1.807) is 12.1 Å². The molecule has 0 unspecified atom stereocenters. The zero-order chi connectivity index (χ0) is 37.8. The standard InChI is InChI=1S/C50H66N2O2/c1-3-5-7-9-11-13-15-17-19-21-25-39-31-35-41(36-32-39)51-45-29-23-27-43-47(45)49(53)44-28-24-30-46(48(44)50(43)54)52-42-37-33-40(34-38-42)26-22-20-18-16-14-12-10-8-6-4-2/h23-24,27-38,51-52H,3-22,25-26H2,1-2H3. The average Bonchev–Trinajstić information content (AvgIpc) is 3.19. The Morgan fingerprint density at radius 3 is 1.02 bits per heavy atom. The van der Waals surface area contributed by atoms with Gasteiger partial charge < -0.3 is 10.6 Å². The Hall–Kier alpha value is -4.18. The van der Waals surface area contributed by atoms with Gasteiger partial charge in [-0.15, -0.1) is 0 Å². The Morgan fingerprint density at radius 1 is 0.370 bits per heavy atom. The highest BCUT2D eigenvalue weighted by atomic mass is 16.1. The Kier molecular flexibility index (Phi) is 17.4. The van der Waals surface area contributed by atoms with E-state index in [1.165, 1.54) is 140 Å². The molecule has 4 aromatic rings. The summed E-state index contributed by atoms with van der Waals surface area (Å²) in [7, 11) is 0. The number of unbranched alkanes of at least 4 members (excludes halogenated alkanes) is 18. The minimum atomic E-state index is -0.129. The van der Waals surface area contributed by atoms with Gasteiger partial charge in [0.1, 0.15) is 0 Å². The Labute approximate surface area is 327 Å². The molecule has 0 atom stereocenters. The number of ketones is 2. The molecule has 0 saturated heterocycles. The number of benzene rings is 4. The highest BCUT2D eigenvalue weighted by molar-refractivity contribution is 6.32. The Bertz CT molecular complexity index is 1590. The molecule has 288 valence electrons. The van der Waals surface area contributed by atoms with Gasteiger partial charge in [0.05, 0.1) is 22.5 Å². The zero-order valence-electron chi connectivity index (χ0n) is 33.5. The molecular weight excluding hydrogens is 661 g/mol. The van der Waals surface area contributed by atoms with Crippen molar-refractivity contribution in [3.05, 3.63) is 118 Å². The van der Waals surface area contributed by atoms with Crippen molar-refractivity contribution in [2.75, 3.05) is 10.6 Å². The van der Waals surface area contributed by atoms with Crippen LogP contribution < -0.4 is 10.6 Å². The van der Waals surface area contributed by atoms with Crippen LogP contribution in [-0.2, 0) is 12.8 Å². The molecule has 0 aromatic heterocycles. The van der Waals surface area contributed by atoms with E-state index in [9.17, 15) is 9.59 Å². The third-order valence-electron chi connectivity index (χ3n) is 11.2. The topological polar surface area (TPSA) is 58.2 Å². The highest BCUT2D eigenvalue weighted by Gasteiger charge is 2.33. The lowest BCUT2D eigenvalue weighted by Crippen LogP contribution is -2.23. The maximum absolute atomic E-state index is 14.1. The third-order valence-corrected chi connectivity index (χ3v) is 11.2. The number of carbonyl (C=O) groups excluding carboxylic acids is 2. The molecule has 5 rings (SSSR count). The molecule has 4 heteroatoms. The largest absolute Gasteiger partial charge is 0.355 e. The molecule has 4 aromatic carbocycles. The van der Waals surface area contributed by atoms with Crippen LogP contribution in [0.3, 0.4) is 0 Å². The smallest absolute Gasteiger partial charge is 0.196 e. The van der Waals surface area contributed by atoms with E-state index in [0.717, 1.165) is 24.2 Å². The summed E-state index contributed by atoms with van der Waals surface area (Å²) < 4.78 is 0. The molecule has 0 bridgehead atoms. The summed E-state index contributed by atoms with van der Waals surface area (Å²) in [5.41, 5.74) is 7.58. The third kappa shape index (κ3) is 12.4. The molecule has 2 N–H and O–H groups in total. The molecule has 4 nitrogen and oxygen atoms in total. The second kappa shape index (κ2) is 22.9. The summed E-state index contributed by atoms with van der Waals surface area (Å²) >= 11 is 0. The number of carbonyl (C=O) groups is 2. The molecule has 1 aliphatic rings. The minimum Gasteiger partial charge on any atom is -0.355 e. The van der Waals surface area contributed by atoms with Crippen LogP contribution in [-0.4, -0.2) is 11.6 Å². The molecule has 0 amide bonds. The van der Waals surface area contributed by atoms with Gasteiger partial charge in [-0.05, 0) is 73.2 Å². The summed E-state index contributed by atoms with van der Waals surface area (Å²) in [4.78, 5) is 28.1. The average molecular weight is 727 g/mol. The van der Waals surface area contributed by atoms with E-state index < -0.39 is 0 Å². The van der Waals surface area contributed by atoms with Crippen molar-refractivity contribution in [1.29, 1.82) is 0 Å². The van der Waals surface area contributed by atoms with Gasteiger partial charge >= 0.3 is 0 Å². The fourth-order valence-electron chi connectivity index (χ4n) is 7.90. The normalized spacial score (nSPS) is 12.1. The first-order valence-electron chi connectivity index (χ1n) is 21.7. The van der Waals surface area contributed by atoms with E-state index in [4.69, 9.17) is 0 Å². The Morgan fingerprint density at radius 2 is 0.685 bits per heavy atom. The van der Waals surface area contributed by atoms with Crippen LogP contribution in [0.25, 0.3) is 0 Å². The second-order valence-electron chi connectivity index (χ2n) is 15.6. The Balaban J connectivity index is 1.11. The zero-order valence-corrected chi connectivity index (χ0v) is 33.5. The van der Waals surface area contributed by atoms with E-state index in [2.05, 4.69) is 73.0 Å². The van der Waals surface area contributed by atoms with Gasteiger partial charge in [0.15, 0.2) is 11.6 Å². The SMILES string of the molecule is CCCCCCCCCCCCc1ccc(Nc2cccc3c2C(=O)c2cccc(Nc4ccc(CCCCCCCCCCCC)cc4)c2C3=O)cc1. The highest BCUT2D eigenvalue weighted by Crippen LogP contribution is 2.37. The van der Waals surface area contributed by atoms with Gasteiger partial charge in [-0.25, -0.2) is 0 Å². The van der Waals surface area contributed by atoms with Gasteiger partial charge in [0.25, 0.3) is 0 Å². The molecule has 0 aliphatic heterocycles. The van der Waals surface area contributed by atoms with Gasteiger partial charge in [-0.3, -0.25) is 9.59 Å². The van der Waals surface area contributed by atoms with Crippen LogP contribution in [0, 0.1) is 0 Å². The van der Waals surface area contributed by atoms with E-state index >= 15 is 0 Å². The van der Waals surface area contributed by atoms with Crippen LogP contribution in [0.4, 0.5) is 22.7 Å². The van der Waals surface area contributed by atoms with Gasteiger partial charge in [0, 0.05) is 22.5 Å². The molecule has 0 radical (unpaired) electrons. The predicted molar refractivity (Wildman–Crippen MR) is 230 cm³/mol. The summed E-state index contributed by atoms with van der Waals surface area (Å²) in [5, 5.41) is 6.91. The van der Waals surface area contributed by atoms with Crippen molar-refractivity contribution < 1.29 is 9.59 Å². The molecule has 1 aliphatic carbocycles. The number of hydrogen-bond donors (Lipinski definition) is 2. The monoisotopic (exact) mass is 727 g/mol. The van der Waals surface area contributed by atoms with Crippen molar-refractivity contribution >= 4 is 34.3 Å². The maximum Gasteiger partial charge on any atom is 0.196 e. The number of anilines is 4. The van der Waals surface area contributed by atoms with Crippen LogP contribution >= 0.6 is 0 Å². The predicted octanol–water partition coefficient (Wildman–Crippen LogP) is 14.9. The molecule has 0 saturated carbocycles. The summed E-state index contributed by atoms with van der Waals surface area (Å²) in [6.45, 7) is 4.55. The number of hydrogen-bond acceptors (Lipinski definition) is 4. The quantitative estimate of drug-likeness (QED) is 0.0557. The fraction of sp³-hybridized carbons (Fsp3) is 0.480. The summed E-state index contributed by atoms with van der Waals surface area (Å²) in [5.74, 6) is -0.258. The van der Waals surface area contributed by atoms with Gasteiger partial charge in [-0.2, -0.15) is 0 Å². The minimum absolute atomic E-state index is 0.129.